The Bertz CT molecular complexity index is 1430. The molecule has 1 fully saturated rings. The van der Waals surface area contributed by atoms with E-state index in [1.165, 1.54) is 0 Å². The van der Waals surface area contributed by atoms with Crippen molar-refractivity contribution in [3.05, 3.63) is 88.7 Å². The molecule has 0 unspecified atom stereocenters. The maximum absolute atomic E-state index is 13.3. The number of carbonyl (C=O) groups is 2. The fourth-order valence-electron chi connectivity index (χ4n) is 4.97. The largest absolute Gasteiger partial charge is 0.497 e. The van der Waals surface area contributed by atoms with Crippen LogP contribution in [0.2, 0.25) is 0 Å². The first kappa shape index (κ1) is 20.6. The number of H-pyrrole nitrogens is 1. The van der Waals surface area contributed by atoms with E-state index < -0.39 is 0 Å². The summed E-state index contributed by atoms with van der Waals surface area (Å²) < 4.78 is 5.35. The number of rotatable bonds is 4. The molecule has 6 rings (SSSR count). The number of ether oxygens (including phenoxy) is 1. The minimum Gasteiger partial charge on any atom is -0.497 e. The molecule has 1 N–H and O–H groups in total. The Morgan fingerprint density at radius 2 is 1.65 bits per heavy atom. The van der Waals surface area contributed by atoms with Crippen LogP contribution in [-0.4, -0.2) is 59.7 Å². The van der Waals surface area contributed by atoms with Crippen LogP contribution < -0.4 is 9.64 Å². The monoisotopic (exact) mass is 452 g/mol. The van der Waals surface area contributed by atoms with Gasteiger partial charge in [-0.15, -0.1) is 0 Å². The van der Waals surface area contributed by atoms with Crippen molar-refractivity contribution in [3.8, 4) is 5.75 Å². The van der Waals surface area contributed by atoms with Gasteiger partial charge in [0.1, 0.15) is 11.6 Å². The van der Waals surface area contributed by atoms with Crippen molar-refractivity contribution in [1.29, 1.82) is 0 Å². The average Bonchev–Trinajstić information content (AvgIpc) is 3.30. The Morgan fingerprint density at radius 1 is 0.882 bits per heavy atom. The van der Waals surface area contributed by atoms with Gasteiger partial charge in [-0.2, -0.15) is 0 Å². The summed E-state index contributed by atoms with van der Waals surface area (Å²) >= 11 is 0. The lowest BCUT2D eigenvalue weighted by molar-refractivity contribution is 0.0980. The van der Waals surface area contributed by atoms with Gasteiger partial charge in [0, 0.05) is 54.6 Å². The number of methoxy groups -OCH3 is 1. The second-order valence-electron chi connectivity index (χ2n) is 8.73. The quantitative estimate of drug-likeness (QED) is 0.448. The Kier molecular flexibility index (Phi) is 4.92. The Balaban J connectivity index is 1.22. The van der Waals surface area contributed by atoms with Gasteiger partial charge in [-0.25, -0.2) is 4.98 Å². The Labute approximate surface area is 197 Å². The van der Waals surface area contributed by atoms with E-state index in [1.54, 1.807) is 37.4 Å². The summed E-state index contributed by atoms with van der Waals surface area (Å²) in [6, 6.07) is 18.7. The molecule has 0 saturated carbocycles. The number of nitrogens with one attached hydrogen (secondary N) is 1. The van der Waals surface area contributed by atoms with E-state index in [9.17, 15) is 9.59 Å². The molecule has 7 nitrogen and oxygen atoms in total. The second kappa shape index (κ2) is 8.11. The summed E-state index contributed by atoms with van der Waals surface area (Å²) in [6.07, 6.45) is 0. The zero-order valence-electron chi connectivity index (χ0n) is 18.9. The van der Waals surface area contributed by atoms with Crippen molar-refractivity contribution in [2.45, 2.75) is 6.54 Å². The normalized spacial score (nSPS) is 16.0. The molecular formula is C27H24N4O3. The zero-order chi connectivity index (χ0) is 23.2. The number of carbonyl (C=O) groups excluding carboxylic acids is 2. The molecule has 0 bridgehead atoms. The molecule has 0 radical (unpaired) electrons. The molecule has 1 aliphatic heterocycles. The van der Waals surface area contributed by atoms with Gasteiger partial charge in [0.15, 0.2) is 11.6 Å². The smallest absolute Gasteiger partial charge is 0.196 e. The highest BCUT2D eigenvalue weighted by Gasteiger charge is 2.32. The van der Waals surface area contributed by atoms with Crippen LogP contribution >= 0.6 is 0 Å². The van der Waals surface area contributed by atoms with Crippen molar-refractivity contribution in [3.63, 3.8) is 0 Å². The molecule has 0 spiro atoms. The van der Waals surface area contributed by atoms with Crippen LogP contribution in [0.25, 0.3) is 11.0 Å². The SMILES string of the molecule is COc1cccc(N2CCN(Cc3nc4ccc5c(c4[nH]3)C(=O)c3ccccc3C5=O)CC2)c1. The van der Waals surface area contributed by atoms with Crippen molar-refractivity contribution < 1.29 is 14.3 Å². The first-order valence-electron chi connectivity index (χ1n) is 11.4. The van der Waals surface area contributed by atoms with Gasteiger partial charge in [-0.1, -0.05) is 30.3 Å². The molecule has 1 saturated heterocycles. The number of fused-ring (bicyclic) bond motifs is 4. The van der Waals surface area contributed by atoms with E-state index in [2.05, 4.69) is 26.9 Å². The summed E-state index contributed by atoms with van der Waals surface area (Å²) in [5.74, 6) is 1.42. The number of piperazine rings is 1. The molecule has 0 amide bonds. The molecule has 2 aliphatic rings. The maximum Gasteiger partial charge on any atom is 0.196 e. The van der Waals surface area contributed by atoms with E-state index in [0.717, 1.165) is 43.4 Å². The number of benzene rings is 3. The van der Waals surface area contributed by atoms with E-state index in [4.69, 9.17) is 9.72 Å². The van der Waals surface area contributed by atoms with Crippen molar-refractivity contribution in [2.24, 2.45) is 0 Å². The molecule has 7 heteroatoms. The van der Waals surface area contributed by atoms with Crippen molar-refractivity contribution in [1.82, 2.24) is 14.9 Å². The first-order chi connectivity index (χ1) is 16.6. The average molecular weight is 453 g/mol. The third-order valence-corrected chi connectivity index (χ3v) is 6.76. The molecule has 1 aliphatic carbocycles. The second-order valence-corrected chi connectivity index (χ2v) is 8.73. The summed E-state index contributed by atoms with van der Waals surface area (Å²) in [4.78, 5) is 39.1. The third kappa shape index (κ3) is 3.36. The number of aromatic amines is 1. The summed E-state index contributed by atoms with van der Waals surface area (Å²) in [5, 5.41) is 0. The minimum absolute atomic E-state index is 0.114. The zero-order valence-corrected chi connectivity index (χ0v) is 18.9. The maximum atomic E-state index is 13.3. The molecule has 2 heterocycles. The van der Waals surface area contributed by atoms with Crippen LogP contribution in [0.15, 0.2) is 60.7 Å². The highest BCUT2D eigenvalue weighted by molar-refractivity contribution is 6.31. The van der Waals surface area contributed by atoms with E-state index >= 15 is 0 Å². The van der Waals surface area contributed by atoms with Crippen LogP contribution in [0, 0.1) is 0 Å². The number of anilines is 1. The summed E-state index contributed by atoms with van der Waals surface area (Å²) in [7, 11) is 1.68. The molecule has 0 atom stereocenters. The van der Waals surface area contributed by atoms with Gasteiger partial charge in [-0.05, 0) is 24.3 Å². The summed E-state index contributed by atoms with van der Waals surface area (Å²) in [6.45, 7) is 4.28. The fraction of sp³-hybridized carbons (Fsp3) is 0.222. The molecule has 4 aromatic rings. The topological polar surface area (TPSA) is 78.5 Å². The Hall–Kier alpha value is -3.97. The van der Waals surface area contributed by atoms with Crippen LogP contribution in [0.4, 0.5) is 5.69 Å². The molecule has 1 aromatic heterocycles. The standard InChI is InChI=1S/C27H24N4O3/c1-34-18-6-4-5-17(15-18)31-13-11-30(12-14-31)16-23-28-22-10-9-21-24(25(22)29-23)27(33)20-8-3-2-7-19(20)26(21)32/h2-10,15H,11-14,16H2,1H3,(H,28,29). The number of imidazole rings is 1. The van der Waals surface area contributed by atoms with E-state index in [0.29, 0.717) is 39.8 Å². The predicted octanol–water partition coefficient (Wildman–Crippen LogP) is 3.67. The summed E-state index contributed by atoms with van der Waals surface area (Å²) in [5.41, 5.74) is 4.32. The number of ketones is 2. The number of nitrogens with zero attached hydrogens (tertiary/aromatic N) is 3. The Morgan fingerprint density at radius 3 is 2.41 bits per heavy atom. The van der Waals surface area contributed by atoms with Crippen LogP contribution in [0.3, 0.4) is 0 Å². The molecule has 3 aromatic carbocycles. The highest BCUT2D eigenvalue weighted by atomic mass is 16.5. The molecule has 170 valence electrons. The lowest BCUT2D eigenvalue weighted by Gasteiger charge is -2.35. The predicted molar refractivity (Wildman–Crippen MR) is 130 cm³/mol. The number of hydrogen-bond acceptors (Lipinski definition) is 6. The van der Waals surface area contributed by atoms with E-state index in [-0.39, 0.29) is 11.6 Å². The fourth-order valence-corrected chi connectivity index (χ4v) is 4.97. The van der Waals surface area contributed by atoms with Gasteiger partial charge >= 0.3 is 0 Å². The lowest BCUT2D eigenvalue weighted by Crippen LogP contribution is -2.46. The highest BCUT2D eigenvalue weighted by Crippen LogP contribution is 2.32. The van der Waals surface area contributed by atoms with E-state index in [1.807, 2.05) is 18.2 Å². The molecule has 34 heavy (non-hydrogen) atoms. The molecular weight excluding hydrogens is 428 g/mol. The van der Waals surface area contributed by atoms with Gasteiger partial charge < -0.3 is 14.6 Å². The first-order valence-corrected chi connectivity index (χ1v) is 11.4. The van der Waals surface area contributed by atoms with Crippen molar-refractivity contribution >= 4 is 28.3 Å². The minimum atomic E-state index is -0.127. The van der Waals surface area contributed by atoms with Gasteiger partial charge in [-0.3, -0.25) is 14.5 Å². The number of aromatic nitrogens is 2. The van der Waals surface area contributed by atoms with Crippen LogP contribution in [0.1, 0.15) is 37.7 Å². The number of hydrogen-bond donors (Lipinski definition) is 1. The van der Waals surface area contributed by atoms with Gasteiger partial charge in [0.05, 0.1) is 30.3 Å². The van der Waals surface area contributed by atoms with Gasteiger partial charge in [0.25, 0.3) is 0 Å². The van der Waals surface area contributed by atoms with Gasteiger partial charge in [0.2, 0.25) is 0 Å². The van der Waals surface area contributed by atoms with Crippen molar-refractivity contribution in [2.75, 3.05) is 38.2 Å². The third-order valence-electron chi connectivity index (χ3n) is 6.76. The van der Waals surface area contributed by atoms with Crippen LogP contribution in [-0.2, 0) is 6.54 Å². The van der Waals surface area contributed by atoms with Crippen LogP contribution in [0.5, 0.6) is 5.75 Å². The lowest BCUT2D eigenvalue weighted by atomic mass is 9.83.